The fourth-order valence-electron chi connectivity index (χ4n) is 3.34. The summed E-state index contributed by atoms with van der Waals surface area (Å²) in [6.07, 6.45) is 2.96. The van der Waals surface area contributed by atoms with Gasteiger partial charge in [0.25, 0.3) is 5.91 Å². The molecule has 0 atom stereocenters. The molecule has 1 N–H and O–H groups in total. The predicted octanol–water partition coefficient (Wildman–Crippen LogP) is 3.41. The number of nitrogens with zero attached hydrogens (tertiary/aromatic N) is 2. The van der Waals surface area contributed by atoms with Gasteiger partial charge < -0.3 is 19.2 Å². The number of halogens is 1. The van der Waals surface area contributed by atoms with Crippen molar-refractivity contribution in [1.82, 2.24) is 15.5 Å². The molecular weight excluding hydrogens is 462 g/mol. The van der Waals surface area contributed by atoms with Crippen molar-refractivity contribution < 1.29 is 23.5 Å². The Morgan fingerprint density at radius 1 is 1.03 bits per heavy atom. The number of ether oxygens (including phenoxy) is 2. The third-order valence-corrected chi connectivity index (χ3v) is 5.27. The van der Waals surface area contributed by atoms with Crippen LogP contribution in [0, 0.1) is 0 Å². The van der Waals surface area contributed by atoms with Crippen LogP contribution in [0.2, 0.25) is 5.02 Å². The monoisotopic (exact) mass is 479 g/mol. The maximum atomic E-state index is 13.5. The summed E-state index contributed by atoms with van der Waals surface area (Å²) in [7, 11) is 2.88. The van der Waals surface area contributed by atoms with Crippen LogP contribution in [0.4, 0.5) is 0 Å². The maximum absolute atomic E-state index is 13.5. The van der Waals surface area contributed by atoms with Crippen molar-refractivity contribution in [2.24, 2.45) is 0 Å². The number of fused-ring (bicyclic) bond motifs is 1. The maximum Gasteiger partial charge on any atom is 0.288 e. The van der Waals surface area contributed by atoms with Crippen LogP contribution in [0.3, 0.4) is 0 Å². The van der Waals surface area contributed by atoms with Gasteiger partial charge in [0.15, 0.2) is 11.5 Å². The van der Waals surface area contributed by atoms with Crippen molar-refractivity contribution in [1.29, 1.82) is 0 Å². The van der Waals surface area contributed by atoms with E-state index in [-0.39, 0.29) is 33.8 Å². The number of ketones is 1. The van der Waals surface area contributed by atoms with Crippen LogP contribution in [0.25, 0.3) is 11.0 Å². The van der Waals surface area contributed by atoms with Crippen molar-refractivity contribution in [3.05, 3.63) is 92.6 Å². The Morgan fingerprint density at radius 3 is 2.53 bits per heavy atom. The quantitative estimate of drug-likeness (QED) is 0.400. The minimum Gasteiger partial charge on any atom is -0.493 e. The Hall–Kier alpha value is -4.24. The molecule has 0 fully saturated rings. The van der Waals surface area contributed by atoms with Gasteiger partial charge in [-0.3, -0.25) is 14.4 Å². The Kier molecular flexibility index (Phi) is 6.55. The van der Waals surface area contributed by atoms with E-state index in [0.717, 1.165) is 0 Å². The molecule has 1 amide bonds. The zero-order valence-corrected chi connectivity index (χ0v) is 18.9. The molecule has 2 heterocycles. The lowest BCUT2D eigenvalue weighted by Gasteiger charge is -2.12. The first-order valence-corrected chi connectivity index (χ1v) is 10.4. The van der Waals surface area contributed by atoms with Gasteiger partial charge in [-0.2, -0.15) is 10.2 Å². The van der Waals surface area contributed by atoms with Crippen LogP contribution in [0.15, 0.2) is 64.1 Å². The van der Waals surface area contributed by atoms with Crippen LogP contribution in [-0.4, -0.2) is 36.1 Å². The van der Waals surface area contributed by atoms with E-state index in [2.05, 4.69) is 15.5 Å². The number of hydrogen-bond acceptors (Lipinski definition) is 8. The van der Waals surface area contributed by atoms with Crippen molar-refractivity contribution in [3.8, 4) is 11.5 Å². The summed E-state index contributed by atoms with van der Waals surface area (Å²) in [5.41, 5.74) is -0.203. The molecule has 4 aromatic rings. The number of carbonyl (C=O) groups is 2. The number of rotatable bonds is 7. The smallest absolute Gasteiger partial charge is 0.288 e. The number of aromatic nitrogens is 2. The molecular formula is C24H18ClN3O6. The Bertz CT molecular complexity index is 1450. The second-order valence-electron chi connectivity index (χ2n) is 7.11. The van der Waals surface area contributed by atoms with E-state index in [0.29, 0.717) is 11.3 Å². The van der Waals surface area contributed by atoms with Crippen molar-refractivity contribution >= 4 is 34.3 Å². The Labute approximate surface area is 198 Å². The van der Waals surface area contributed by atoms with E-state index in [1.807, 2.05) is 0 Å². The molecule has 4 rings (SSSR count). The molecule has 10 heteroatoms. The van der Waals surface area contributed by atoms with Gasteiger partial charge in [0.05, 0.1) is 25.8 Å². The third kappa shape index (κ3) is 4.46. The number of benzene rings is 2. The fraction of sp³-hybridized carbons (Fsp3) is 0.125. The molecule has 0 saturated heterocycles. The second kappa shape index (κ2) is 9.72. The zero-order chi connectivity index (χ0) is 24.2. The highest BCUT2D eigenvalue weighted by Crippen LogP contribution is 2.29. The molecule has 0 bridgehead atoms. The third-order valence-electron chi connectivity index (χ3n) is 5.03. The van der Waals surface area contributed by atoms with Crippen LogP contribution >= 0.6 is 11.6 Å². The summed E-state index contributed by atoms with van der Waals surface area (Å²) in [5, 5.41) is 10.4. The normalized spacial score (nSPS) is 10.7. The molecule has 2 aromatic carbocycles. The molecule has 0 aliphatic rings. The molecule has 34 heavy (non-hydrogen) atoms. The van der Waals surface area contributed by atoms with Gasteiger partial charge in [0, 0.05) is 23.3 Å². The Morgan fingerprint density at radius 2 is 1.82 bits per heavy atom. The zero-order valence-electron chi connectivity index (χ0n) is 18.1. The van der Waals surface area contributed by atoms with Crippen molar-refractivity contribution in [2.75, 3.05) is 14.2 Å². The summed E-state index contributed by atoms with van der Waals surface area (Å²) >= 11 is 6.05. The first kappa shape index (κ1) is 22.9. The molecule has 0 aliphatic carbocycles. The summed E-state index contributed by atoms with van der Waals surface area (Å²) in [5.74, 6) is -1.18. The van der Waals surface area contributed by atoms with E-state index < -0.39 is 28.4 Å². The van der Waals surface area contributed by atoms with E-state index in [9.17, 15) is 14.4 Å². The molecule has 0 unspecified atom stereocenters. The average Bonchev–Trinajstić information content (AvgIpc) is 2.87. The van der Waals surface area contributed by atoms with Crippen molar-refractivity contribution in [3.63, 3.8) is 0 Å². The first-order chi connectivity index (χ1) is 16.4. The van der Waals surface area contributed by atoms with Crippen LogP contribution in [0.5, 0.6) is 11.5 Å². The van der Waals surface area contributed by atoms with E-state index in [4.69, 9.17) is 25.5 Å². The number of hydrogen-bond donors (Lipinski definition) is 1. The predicted molar refractivity (Wildman–Crippen MR) is 124 cm³/mol. The number of carbonyl (C=O) groups excluding carboxylic acids is 2. The van der Waals surface area contributed by atoms with E-state index in [1.165, 1.54) is 63.0 Å². The highest BCUT2D eigenvalue weighted by Gasteiger charge is 2.27. The summed E-state index contributed by atoms with van der Waals surface area (Å²) in [6, 6.07) is 10.5. The van der Waals surface area contributed by atoms with E-state index in [1.54, 1.807) is 6.07 Å². The number of nitrogens with one attached hydrogen (secondary N) is 1. The SMILES string of the molecule is COc1ccc(C(=O)c2c(C(=O)NCc3ccnnc3)oc3ccc(Cl)cc3c2=O)cc1OC. The first-order valence-electron chi connectivity index (χ1n) is 9.99. The summed E-state index contributed by atoms with van der Waals surface area (Å²) in [6.45, 7) is 0.0840. The highest BCUT2D eigenvalue weighted by molar-refractivity contribution is 6.31. The van der Waals surface area contributed by atoms with Crippen LogP contribution in [-0.2, 0) is 6.54 Å². The standard InChI is InChI=1S/C24H18ClN3O6/c1-32-18-5-3-14(9-19(18)33-2)21(29)20-22(30)16-10-15(25)4-6-17(16)34-23(20)24(31)26-11-13-7-8-27-28-12-13/h3-10,12H,11H2,1-2H3,(H,26,31). The largest absolute Gasteiger partial charge is 0.493 e. The fourth-order valence-corrected chi connectivity index (χ4v) is 3.51. The van der Waals surface area contributed by atoms with E-state index >= 15 is 0 Å². The van der Waals surface area contributed by atoms with Gasteiger partial charge in [-0.1, -0.05) is 11.6 Å². The topological polar surface area (TPSA) is 121 Å². The lowest BCUT2D eigenvalue weighted by molar-refractivity contribution is 0.0910. The van der Waals surface area contributed by atoms with Gasteiger partial charge in [0.1, 0.15) is 11.1 Å². The number of methoxy groups -OCH3 is 2. The van der Waals surface area contributed by atoms with Gasteiger partial charge in [-0.05, 0) is 48.0 Å². The average molecular weight is 480 g/mol. The minimum atomic E-state index is -0.741. The summed E-state index contributed by atoms with van der Waals surface area (Å²) in [4.78, 5) is 39.9. The summed E-state index contributed by atoms with van der Waals surface area (Å²) < 4.78 is 16.2. The lowest BCUT2D eigenvalue weighted by atomic mass is 9.99. The molecule has 9 nitrogen and oxygen atoms in total. The number of amides is 1. The van der Waals surface area contributed by atoms with Gasteiger partial charge in [-0.15, -0.1) is 0 Å². The van der Waals surface area contributed by atoms with Crippen LogP contribution < -0.4 is 20.2 Å². The molecule has 172 valence electrons. The van der Waals surface area contributed by atoms with Gasteiger partial charge >= 0.3 is 0 Å². The molecule has 2 aromatic heterocycles. The van der Waals surface area contributed by atoms with Crippen molar-refractivity contribution in [2.45, 2.75) is 6.54 Å². The molecule has 0 spiro atoms. The lowest BCUT2D eigenvalue weighted by Crippen LogP contribution is -2.29. The highest BCUT2D eigenvalue weighted by atomic mass is 35.5. The van der Waals surface area contributed by atoms with Crippen LogP contribution in [0.1, 0.15) is 32.0 Å². The van der Waals surface area contributed by atoms with Gasteiger partial charge in [0.2, 0.25) is 17.0 Å². The second-order valence-corrected chi connectivity index (χ2v) is 7.54. The van der Waals surface area contributed by atoms with Gasteiger partial charge in [-0.25, -0.2) is 0 Å². The Balaban J connectivity index is 1.83. The molecule has 0 aliphatic heterocycles. The minimum absolute atomic E-state index is 0.0752. The molecule has 0 saturated carbocycles. The molecule has 0 radical (unpaired) electrons.